The van der Waals surface area contributed by atoms with Gasteiger partial charge in [-0.3, -0.25) is 14.3 Å². The molecular weight excluding hydrogens is 256 g/mol. The molecule has 110 valence electrons. The minimum absolute atomic E-state index is 0.0236. The van der Waals surface area contributed by atoms with E-state index in [0.717, 1.165) is 30.8 Å². The SMILES string of the molecule is Cc1cc(CNC(=O)CCCN2CCCC2=O)n(C)n1. The number of likely N-dealkylation sites (tertiary alicyclic amines) is 1. The lowest BCUT2D eigenvalue weighted by molar-refractivity contribution is -0.128. The second-order valence-corrected chi connectivity index (χ2v) is 5.27. The summed E-state index contributed by atoms with van der Waals surface area (Å²) in [6.07, 6.45) is 2.79. The van der Waals surface area contributed by atoms with E-state index in [1.807, 2.05) is 24.9 Å². The molecule has 2 amide bonds. The van der Waals surface area contributed by atoms with Crippen molar-refractivity contribution in [3.63, 3.8) is 0 Å². The van der Waals surface area contributed by atoms with Gasteiger partial charge in [0.25, 0.3) is 0 Å². The first-order valence-electron chi connectivity index (χ1n) is 7.10. The largest absolute Gasteiger partial charge is 0.350 e. The number of aromatic nitrogens is 2. The van der Waals surface area contributed by atoms with Gasteiger partial charge < -0.3 is 10.2 Å². The number of amides is 2. The summed E-state index contributed by atoms with van der Waals surface area (Å²) in [7, 11) is 1.87. The van der Waals surface area contributed by atoms with E-state index >= 15 is 0 Å². The Morgan fingerprint density at radius 3 is 2.90 bits per heavy atom. The van der Waals surface area contributed by atoms with Crippen molar-refractivity contribution in [2.24, 2.45) is 7.05 Å². The molecule has 1 fully saturated rings. The maximum absolute atomic E-state index is 11.7. The van der Waals surface area contributed by atoms with Crippen LogP contribution in [-0.2, 0) is 23.2 Å². The first-order valence-corrected chi connectivity index (χ1v) is 7.10. The van der Waals surface area contributed by atoms with Gasteiger partial charge in [-0.25, -0.2) is 0 Å². The predicted octanol–water partition coefficient (Wildman–Crippen LogP) is 0.747. The van der Waals surface area contributed by atoms with Crippen molar-refractivity contribution in [1.82, 2.24) is 20.0 Å². The van der Waals surface area contributed by atoms with Gasteiger partial charge in [0.2, 0.25) is 11.8 Å². The van der Waals surface area contributed by atoms with E-state index in [1.54, 1.807) is 4.68 Å². The van der Waals surface area contributed by atoms with Gasteiger partial charge in [0.15, 0.2) is 0 Å². The van der Waals surface area contributed by atoms with Crippen LogP contribution in [0.5, 0.6) is 0 Å². The van der Waals surface area contributed by atoms with Crippen molar-refractivity contribution in [3.8, 4) is 0 Å². The quantitative estimate of drug-likeness (QED) is 0.835. The van der Waals surface area contributed by atoms with Crippen LogP contribution in [0.1, 0.15) is 37.1 Å². The molecule has 1 aromatic heterocycles. The first-order chi connectivity index (χ1) is 9.56. The molecule has 0 bridgehead atoms. The minimum atomic E-state index is 0.0236. The zero-order chi connectivity index (χ0) is 14.5. The Morgan fingerprint density at radius 2 is 2.30 bits per heavy atom. The summed E-state index contributed by atoms with van der Waals surface area (Å²) in [4.78, 5) is 25.0. The molecule has 0 aliphatic carbocycles. The van der Waals surface area contributed by atoms with E-state index in [-0.39, 0.29) is 11.8 Å². The molecular formula is C14H22N4O2. The van der Waals surface area contributed by atoms with Crippen LogP contribution < -0.4 is 5.32 Å². The summed E-state index contributed by atoms with van der Waals surface area (Å²) in [5.41, 5.74) is 1.94. The number of hydrogen-bond donors (Lipinski definition) is 1. The molecule has 0 unspecified atom stereocenters. The van der Waals surface area contributed by atoms with Gasteiger partial charge in [-0.2, -0.15) is 5.10 Å². The summed E-state index contributed by atoms with van der Waals surface area (Å²) < 4.78 is 1.78. The van der Waals surface area contributed by atoms with Crippen LogP contribution in [0.25, 0.3) is 0 Å². The highest BCUT2D eigenvalue weighted by molar-refractivity contribution is 5.78. The second kappa shape index (κ2) is 6.54. The number of nitrogens with zero attached hydrogens (tertiary/aromatic N) is 3. The molecule has 0 atom stereocenters. The van der Waals surface area contributed by atoms with E-state index in [0.29, 0.717) is 25.9 Å². The molecule has 2 heterocycles. The number of carbonyl (C=O) groups excluding carboxylic acids is 2. The maximum atomic E-state index is 11.7. The number of nitrogens with one attached hydrogen (secondary N) is 1. The maximum Gasteiger partial charge on any atom is 0.222 e. The summed E-state index contributed by atoms with van der Waals surface area (Å²) in [6.45, 7) is 3.96. The molecule has 1 N–H and O–H groups in total. The summed E-state index contributed by atoms with van der Waals surface area (Å²) >= 11 is 0. The molecule has 0 radical (unpaired) electrons. The van der Waals surface area contributed by atoms with Crippen molar-refractivity contribution >= 4 is 11.8 Å². The Balaban J connectivity index is 1.65. The lowest BCUT2D eigenvalue weighted by atomic mass is 10.2. The number of rotatable bonds is 6. The Morgan fingerprint density at radius 1 is 1.50 bits per heavy atom. The average molecular weight is 278 g/mol. The van der Waals surface area contributed by atoms with E-state index in [2.05, 4.69) is 10.4 Å². The normalized spacial score (nSPS) is 14.9. The zero-order valence-electron chi connectivity index (χ0n) is 12.2. The van der Waals surface area contributed by atoms with Crippen LogP contribution in [0.2, 0.25) is 0 Å². The van der Waals surface area contributed by atoms with Crippen molar-refractivity contribution in [3.05, 3.63) is 17.5 Å². The Kier molecular flexibility index (Phi) is 4.76. The molecule has 1 aliphatic heterocycles. The summed E-state index contributed by atoms with van der Waals surface area (Å²) in [6, 6.07) is 1.96. The van der Waals surface area contributed by atoms with Crippen LogP contribution in [0, 0.1) is 6.92 Å². The third kappa shape index (κ3) is 3.82. The zero-order valence-corrected chi connectivity index (χ0v) is 12.2. The van der Waals surface area contributed by atoms with E-state index in [1.165, 1.54) is 0 Å². The first kappa shape index (κ1) is 14.6. The highest BCUT2D eigenvalue weighted by Gasteiger charge is 2.19. The van der Waals surface area contributed by atoms with Gasteiger partial charge in [0, 0.05) is 33.0 Å². The Bertz CT molecular complexity index is 495. The molecule has 0 spiro atoms. The molecule has 20 heavy (non-hydrogen) atoms. The van der Waals surface area contributed by atoms with Gasteiger partial charge in [-0.1, -0.05) is 0 Å². The van der Waals surface area contributed by atoms with Gasteiger partial charge >= 0.3 is 0 Å². The average Bonchev–Trinajstić information content (AvgIpc) is 2.93. The molecule has 1 aliphatic rings. The molecule has 0 saturated carbocycles. The van der Waals surface area contributed by atoms with Gasteiger partial charge in [0.1, 0.15) is 0 Å². The van der Waals surface area contributed by atoms with E-state index in [4.69, 9.17) is 0 Å². The number of aryl methyl sites for hydroxylation is 2. The van der Waals surface area contributed by atoms with Crippen molar-refractivity contribution in [2.45, 2.75) is 39.2 Å². The van der Waals surface area contributed by atoms with Gasteiger partial charge in [-0.05, 0) is 25.8 Å². The number of hydrogen-bond acceptors (Lipinski definition) is 3. The Labute approximate surface area is 119 Å². The molecule has 0 aromatic carbocycles. The minimum Gasteiger partial charge on any atom is -0.350 e. The highest BCUT2D eigenvalue weighted by atomic mass is 16.2. The van der Waals surface area contributed by atoms with Crippen LogP contribution in [0.4, 0.5) is 0 Å². The van der Waals surface area contributed by atoms with Gasteiger partial charge in [-0.15, -0.1) is 0 Å². The molecule has 1 saturated heterocycles. The summed E-state index contributed by atoms with van der Waals surface area (Å²) in [5, 5.41) is 7.12. The lowest BCUT2D eigenvalue weighted by Crippen LogP contribution is -2.28. The Hall–Kier alpha value is -1.85. The molecule has 1 aromatic rings. The van der Waals surface area contributed by atoms with E-state index < -0.39 is 0 Å². The van der Waals surface area contributed by atoms with Crippen molar-refractivity contribution in [2.75, 3.05) is 13.1 Å². The monoisotopic (exact) mass is 278 g/mol. The fourth-order valence-electron chi connectivity index (χ4n) is 2.48. The van der Waals surface area contributed by atoms with Crippen LogP contribution in [0.3, 0.4) is 0 Å². The van der Waals surface area contributed by atoms with Crippen LogP contribution in [-0.4, -0.2) is 39.6 Å². The third-order valence-corrected chi connectivity index (χ3v) is 3.57. The standard InChI is InChI=1S/C14H22N4O2/c1-11-9-12(17(2)16-11)10-15-13(19)5-3-7-18-8-4-6-14(18)20/h9H,3-8,10H2,1-2H3,(H,15,19). The van der Waals surface area contributed by atoms with Crippen LogP contribution in [0.15, 0.2) is 6.07 Å². The van der Waals surface area contributed by atoms with E-state index in [9.17, 15) is 9.59 Å². The van der Waals surface area contributed by atoms with Crippen molar-refractivity contribution < 1.29 is 9.59 Å². The molecule has 2 rings (SSSR count). The third-order valence-electron chi connectivity index (χ3n) is 3.57. The topological polar surface area (TPSA) is 67.2 Å². The lowest BCUT2D eigenvalue weighted by Gasteiger charge is -2.14. The molecule has 6 nitrogen and oxygen atoms in total. The van der Waals surface area contributed by atoms with Crippen molar-refractivity contribution in [1.29, 1.82) is 0 Å². The fraction of sp³-hybridized carbons (Fsp3) is 0.643. The van der Waals surface area contributed by atoms with Gasteiger partial charge in [0.05, 0.1) is 17.9 Å². The predicted molar refractivity (Wildman–Crippen MR) is 74.8 cm³/mol. The second-order valence-electron chi connectivity index (χ2n) is 5.27. The fourth-order valence-corrected chi connectivity index (χ4v) is 2.48. The summed E-state index contributed by atoms with van der Waals surface area (Å²) in [5.74, 6) is 0.242. The van der Waals surface area contributed by atoms with Crippen LogP contribution >= 0.6 is 0 Å². The number of carbonyl (C=O) groups is 2. The molecule has 6 heteroatoms. The highest BCUT2D eigenvalue weighted by Crippen LogP contribution is 2.10. The smallest absolute Gasteiger partial charge is 0.222 e.